The molecule has 0 radical (unpaired) electrons. The highest BCUT2D eigenvalue weighted by atomic mass is 32.2. The molecule has 22 heavy (non-hydrogen) atoms. The maximum absolute atomic E-state index is 11.7. The van der Waals surface area contributed by atoms with Gasteiger partial charge in [-0.15, -0.1) is 11.3 Å². The summed E-state index contributed by atoms with van der Waals surface area (Å²) in [6.45, 7) is 1.76. The van der Waals surface area contributed by atoms with Gasteiger partial charge in [0.2, 0.25) is 5.91 Å². The van der Waals surface area contributed by atoms with E-state index in [2.05, 4.69) is 33.3 Å². The standard InChI is InChI=1S/C15H26N4OS2/c1-19(2)14(20)12-18-15(16-8-4-5-9-21-3)17-11-13-7-6-10-22-13/h6-7,10H,4-5,8-9,11-12H2,1-3H3,(H2,16,17,18). The Kier molecular flexibility index (Phi) is 9.74. The molecule has 7 heteroatoms. The van der Waals surface area contributed by atoms with Crippen LogP contribution in [0.3, 0.4) is 0 Å². The van der Waals surface area contributed by atoms with Gasteiger partial charge < -0.3 is 15.5 Å². The van der Waals surface area contributed by atoms with Gasteiger partial charge in [-0.25, -0.2) is 4.99 Å². The summed E-state index contributed by atoms with van der Waals surface area (Å²) in [5.74, 6) is 1.88. The van der Waals surface area contributed by atoms with E-state index in [-0.39, 0.29) is 12.5 Å². The molecule has 0 spiro atoms. The molecular weight excluding hydrogens is 316 g/mol. The van der Waals surface area contributed by atoms with Crippen molar-refractivity contribution in [2.75, 3.05) is 39.2 Å². The highest BCUT2D eigenvalue weighted by Gasteiger charge is 2.04. The van der Waals surface area contributed by atoms with Gasteiger partial charge in [0.15, 0.2) is 5.96 Å². The van der Waals surface area contributed by atoms with E-state index in [0.717, 1.165) is 19.5 Å². The number of thioether (sulfide) groups is 1. The molecule has 124 valence electrons. The molecule has 0 atom stereocenters. The molecule has 1 amide bonds. The number of aliphatic imine (C=N–C) groups is 1. The smallest absolute Gasteiger partial charge is 0.243 e. The van der Waals surface area contributed by atoms with E-state index < -0.39 is 0 Å². The minimum Gasteiger partial charge on any atom is -0.356 e. The van der Waals surface area contributed by atoms with E-state index in [0.29, 0.717) is 5.96 Å². The largest absolute Gasteiger partial charge is 0.356 e. The molecule has 0 unspecified atom stereocenters. The van der Waals surface area contributed by atoms with E-state index in [9.17, 15) is 4.79 Å². The lowest BCUT2D eigenvalue weighted by Gasteiger charge is -2.13. The van der Waals surface area contributed by atoms with Crippen molar-refractivity contribution < 1.29 is 4.79 Å². The lowest BCUT2D eigenvalue weighted by atomic mass is 10.3. The number of carbonyl (C=O) groups excluding carboxylic acids is 1. The molecule has 0 fully saturated rings. The van der Waals surface area contributed by atoms with Crippen LogP contribution in [0.1, 0.15) is 17.7 Å². The zero-order chi connectivity index (χ0) is 16.2. The first-order valence-electron chi connectivity index (χ1n) is 7.37. The summed E-state index contributed by atoms with van der Waals surface area (Å²) in [7, 11) is 3.49. The first kappa shape index (κ1) is 18.8. The average molecular weight is 343 g/mol. The summed E-state index contributed by atoms with van der Waals surface area (Å²) < 4.78 is 0. The van der Waals surface area contributed by atoms with Crippen molar-refractivity contribution in [3.8, 4) is 0 Å². The third-order valence-electron chi connectivity index (χ3n) is 2.95. The number of likely N-dealkylation sites (N-methyl/N-ethyl adjacent to an activating group) is 1. The number of hydrogen-bond donors (Lipinski definition) is 2. The molecule has 0 aliphatic rings. The number of guanidine groups is 1. The molecule has 0 aromatic carbocycles. The van der Waals surface area contributed by atoms with Crippen LogP contribution < -0.4 is 10.6 Å². The molecule has 5 nitrogen and oxygen atoms in total. The van der Waals surface area contributed by atoms with Crippen molar-refractivity contribution in [3.63, 3.8) is 0 Å². The van der Waals surface area contributed by atoms with Gasteiger partial charge in [-0.3, -0.25) is 4.79 Å². The Morgan fingerprint density at radius 2 is 2.18 bits per heavy atom. The third kappa shape index (κ3) is 8.29. The minimum absolute atomic E-state index is 0.000364. The van der Waals surface area contributed by atoms with Crippen molar-refractivity contribution in [1.29, 1.82) is 0 Å². The Morgan fingerprint density at radius 1 is 1.36 bits per heavy atom. The third-order valence-corrected chi connectivity index (χ3v) is 4.52. The lowest BCUT2D eigenvalue weighted by Crippen LogP contribution is -2.38. The van der Waals surface area contributed by atoms with Crippen molar-refractivity contribution in [1.82, 2.24) is 15.5 Å². The van der Waals surface area contributed by atoms with Gasteiger partial charge in [-0.1, -0.05) is 6.07 Å². The van der Waals surface area contributed by atoms with E-state index in [4.69, 9.17) is 0 Å². The monoisotopic (exact) mass is 342 g/mol. The van der Waals surface area contributed by atoms with Crippen LogP contribution in [-0.4, -0.2) is 56.0 Å². The van der Waals surface area contributed by atoms with Crippen molar-refractivity contribution in [3.05, 3.63) is 22.4 Å². The molecule has 0 aliphatic heterocycles. The number of rotatable bonds is 9. The predicted molar refractivity (Wildman–Crippen MR) is 97.8 cm³/mol. The number of amides is 1. The first-order chi connectivity index (χ1) is 10.6. The maximum atomic E-state index is 11.7. The van der Waals surface area contributed by atoms with Crippen LogP contribution in [0.5, 0.6) is 0 Å². The summed E-state index contributed by atoms with van der Waals surface area (Å²) in [6, 6.07) is 4.11. The Labute approximate surface area is 141 Å². The molecule has 2 N–H and O–H groups in total. The van der Waals surface area contributed by atoms with Gasteiger partial charge >= 0.3 is 0 Å². The fourth-order valence-corrected chi connectivity index (χ4v) is 2.76. The van der Waals surface area contributed by atoms with Crippen molar-refractivity contribution in [2.24, 2.45) is 4.99 Å². The van der Waals surface area contributed by atoms with Crippen LogP contribution in [0.2, 0.25) is 0 Å². The number of carbonyl (C=O) groups is 1. The molecule has 1 rings (SSSR count). The average Bonchev–Trinajstić information content (AvgIpc) is 3.01. The molecule has 1 heterocycles. The van der Waals surface area contributed by atoms with Gasteiger partial charge in [0.25, 0.3) is 0 Å². The molecule has 0 bridgehead atoms. The van der Waals surface area contributed by atoms with Gasteiger partial charge in [0, 0.05) is 25.5 Å². The van der Waals surface area contributed by atoms with E-state index in [1.807, 2.05) is 17.8 Å². The highest BCUT2D eigenvalue weighted by Crippen LogP contribution is 2.07. The Morgan fingerprint density at radius 3 is 2.82 bits per heavy atom. The van der Waals surface area contributed by atoms with E-state index >= 15 is 0 Å². The molecular formula is C15H26N4OS2. The Hall–Kier alpha value is -1.21. The van der Waals surface area contributed by atoms with E-state index in [1.54, 1.807) is 30.3 Å². The van der Waals surface area contributed by atoms with Gasteiger partial charge in [0.05, 0.1) is 6.54 Å². The SMILES string of the molecule is CSCCCCNC(=NCC(=O)N(C)C)NCc1cccs1. The maximum Gasteiger partial charge on any atom is 0.243 e. The molecule has 0 aliphatic carbocycles. The van der Waals surface area contributed by atoms with Crippen LogP contribution in [0.25, 0.3) is 0 Å². The highest BCUT2D eigenvalue weighted by molar-refractivity contribution is 7.98. The molecule has 1 aromatic heterocycles. The minimum atomic E-state index is -0.000364. The van der Waals surface area contributed by atoms with Crippen molar-refractivity contribution in [2.45, 2.75) is 19.4 Å². The van der Waals surface area contributed by atoms with Gasteiger partial charge in [-0.2, -0.15) is 11.8 Å². The molecule has 1 aromatic rings. The number of thiophene rings is 1. The van der Waals surface area contributed by atoms with Crippen LogP contribution in [0.15, 0.2) is 22.5 Å². The fraction of sp³-hybridized carbons (Fsp3) is 0.600. The van der Waals surface area contributed by atoms with Gasteiger partial charge in [0.1, 0.15) is 6.54 Å². The number of hydrogen-bond acceptors (Lipinski definition) is 4. The zero-order valence-electron chi connectivity index (χ0n) is 13.6. The second-order valence-electron chi connectivity index (χ2n) is 5.01. The number of unbranched alkanes of at least 4 members (excludes halogenated alkanes) is 1. The molecule has 0 saturated heterocycles. The van der Waals surface area contributed by atoms with Crippen molar-refractivity contribution >= 4 is 35.0 Å². The second kappa shape index (κ2) is 11.4. The summed E-state index contributed by atoms with van der Waals surface area (Å²) in [4.78, 5) is 18.8. The summed E-state index contributed by atoms with van der Waals surface area (Å²) in [6.07, 6.45) is 4.40. The Bertz CT molecular complexity index is 446. The fourth-order valence-electron chi connectivity index (χ4n) is 1.62. The van der Waals surface area contributed by atoms with Gasteiger partial charge in [-0.05, 0) is 36.3 Å². The predicted octanol–water partition coefficient (Wildman–Crippen LogP) is 2.01. The quantitative estimate of drug-likeness (QED) is 0.409. The van der Waals surface area contributed by atoms with Crippen LogP contribution >= 0.6 is 23.1 Å². The Balaban J connectivity index is 2.44. The lowest BCUT2D eigenvalue weighted by molar-refractivity contribution is -0.127. The zero-order valence-corrected chi connectivity index (χ0v) is 15.2. The first-order valence-corrected chi connectivity index (χ1v) is 9.64. The van der Waals surface area contributed by atoms with E-state index in [1.165, 1.54) is 17.1 Å². The van der Waals surface area contributed by atoms with Crippen LogP contribution in [-0.2, 0) is 11.3 Å². The second-order valence-corrected chi connectivity index (χ2v) is 7.03. The summed E-state index contributed by atoms with van der Waals surface area (Å²) in [5, 5.41) is 8.63. The topological polar surface area (TPSA) is 56.7 Å². The number of nitrogens with one attached hydrogen (secondary N) is 2. The van der Waals surface area contributed by atoms with Crippen LogP contribution in [0.4, 0.5) is 0 Å². The summed E-state index contributed by atoms with van der Waals surface area (Å²) >= 11 is 3.57. The normalized spacial score (nSPS) is 11.3. The van der Waals surface area contributed by atoms with Crippen LogP contribution in [0, 0.1) is 0 Å². The summed E-state index contributed by atoms with van der Waals surface area (Å²) in [5.41, 5.74) is 0. The molecule has 0 saturated carbocycles. The number of nitrogens with zero attached hydrogens (tertiary/aromatic N) is 2.